The van der Waals surface area contributed by atoms with Gasteiger partial charge in [0.25, 0.3) is 0 Å². The molecular weight excluding hydrogens is 705 g/mol. The van der Waals surface area contributed by atoms with Gasteiger partial charge in [0.15, 0.2) is 0 Å². The molecule has 296 valence electrons. The molecule has 2 aromatic carbocycles. The Morgan fingerprint density at radius 2 is 1.05 bits per heavy atom. The average Bonchev–Trinajstić information content (AvgIpc) is 4.07. The summed E-state index contributed by atoms with van der Waals surface area (Å²) in [6.07, 6.45) is 25.0. The van der Waals surface area contributed by atoms with Crippen molar-refractivity contribution in [3.8, 4) is 0 Å². The molecule has 5 heterocycles. The standard InChI is InChI=1S/C22H37NO.C20H14N4.C7H7NO/c1-2-3-4-5-6-7-8-9-10-14-20-24-22(18-15-19-23)21-16-12-11-13-17-21;1-2-14-10-16-5-6-18(23-16)12-20-8-7-19(24-20)11-17-4-3-15(22-17)9-13(1)21-14;8-7(9)6-4-2-1-3-5-6/h11-13,16-17,19,22-23H,2-10,14-15,18,20H2,1H3;1-12,21,24H;1-5H,(H2,8,9). The highest BCUT2D eigenvalue weighted by molar-refractivity contribution is 5.92. The Labute approximate surface area is 337 Å². The first-order valence-corrected chi connectivity index (χ1v) is 20.5. The van der Waals surface area contributed by atoms with Crippen LogP contribution in [0, 0.1) is 5.41 Å². The van der Waals surface area contributed by atoms with Crippen LogP contribution in [0.4, 0.5) is 0 Å². The van der Waals surface area contributed by atoms with Gasteiger partial charge in [-0.25, -0.2) is 9.97 Å². The van der Waals surface area contributed by atoms with E-state index < -0.39 is 0 Å². The fraction of sp³-hybridized carbons (Fsp3) is 0.306. The van der Waals surface area contributed by atoms with Crippen LogP contribution in [0.2, 0.25) is 0 Å². The third-order valence-corrected chi connectivity index (χ3v) is 9.66. The summed E-state index contributed by atoms with van der Waals surface area (Å²) in [5, 5.41) is 7.24. The summed E-state index contributed by atoms with van der Waals surface area (Å²) in [5.41, 5.74) is 14.6. The van der Waals surface area contributed by atoms with E-state index in [1.165, 1.54) is 69.6 Å². The second-order valence-electron chi connectivity index (χ2n) is 14.4. The zero-order chi connectivity index (χ0) is 39.9. The summed E-state index contributed by atoms with van der Waals surface area (Å²) in [6, 6.07) is 35.6. The number of carbonyl (C=O) groups is 1. The topological polar surface area (TPSA) is 134 Å². The second kappa shape index (κ2) is 23.9. The number of benzene rings is 2. The van der Waals surface area contributed by atoms with Gasteiger partial charge in [0, 0.05) is 34.2 Å². The van der Waals surface area contributed by atoms with E-state index in [1.807, 2.05) is 60.7 Å². The van der Waals surface area contributed by atoms with E-state index in [0.29, 0.717) is 5.56 Å². The SMILES string of the molecule is C1=Cc2cc3ccc(cc4nc(cc5ccc(cc1n2)[nH]5)C=C4)[nH]3.CCCCCCCCCCCCOC(CCC=N)c1ccccc1.NC(=O)c1ccccc1. The van der Waals surface area contributed by atoms with Gasteiger partial charge in [0.05, 0.1) is 28.9 Å². The van der Waals surface area contributed by atoms with Crippen molar-refractivity contribution >= 4 is 58.5 Å². The smallest absolute Gasteiger partial charge is 0.248 e. The van der Waals surface area contributed by atoms with Crippen molar-refractivity contribution in [2.75, 3.05) is 6.61 Å². The molecule has 0 fully saturated rings. The van der Waals surface area contributed by atoms with Crippen molar-refractivity contribution in [2.24, 2.45) is 5.73 Å². The van der Waals surface area contributed by atoms with Gasteiger partial charge in [-0.05, 0) is 116 Å². The average molecular weight is 763 g/mol. The van der Waals surface area contributed by atoms with Crippen molar-refractivity contribution < 1.29 is 9.53 Å². The molecule has 0 saturated heterocycles. The molecule has 8 bridgehead atoms. The predicted molar refractivity (Wildman–Crippen MR) is 239 cm³/mol. The number of hydrogen-bond donors (Lipinski definition) is 4. The molecule has 8 heteroatoms. The van der Waals surface area contributed by atoms with Gasteiger partial charge >= 0.3 is 0 Å². The van der Waals surface area contributed by atoms with Gasteiger partial charge in [0.2, 0.25) is 5.91 Å². The van der Waals surface area contributed by atoms with E-state index in [2.05, 4.69) is 75.4 Å². The maximum Gasteiger partial charge on any atom is 0.248 e. The van der Waals surface area contributed by atoms with E-state index in [9.17, 15) is 4.79 Å². The lowest BCUT2D eigenvalue weighted by Crippen LogP contribution is -2.09. The minimum atomic E-state index is -0.379. The number of hydrogen-bond acceptors (Lipinski definition) is 5. The van der Waals surface area contributed by atoms with Crippen LogP contribution in [0.5, 0.6) is 0 Å². The van der Waals surface area contributed by atoms with E-state index in [1.54, 1.807) is 24.3 Å². The number of nitrogens with one attached hydrogen (secondary N) is 3. The molecule has 1 amide bonds. The molecule has 1 unspecified atom stereocenters. The fourth-order valence-electron chi connectivity index (χ4n) is 6.61. The number of unbranched alkanes of at least 4 members (excludes halogenated alkanes) is 9. The second-order valence-corrected chi connectivity index (χ2v) is 14.4. The number of primary amides is 1. The number of ether oxygens (including phenoxy) is 1. The summed E-state index contributed by atoms with van der Waals surface area (Å²) in [5.74, 6) is -0.379. The van der Waals surface area contributed by atoms with Crippen molar-refractivity contribution in [1.29, 1.82) is 5.41 Å². The number of rotatable bonds is 17. The number of aromatic amines is 2. The molecule has 0 saturated carbocycles. The molecule has 2 aliphatic rings. The molecule has 7 rings (SSSR count). The van der Waals surface area contributed by atoms with Gasteiger partial charge < -0.3 is 25.8 Å². The number of H-pyrrole nitrogens is 2. The monoisotopic (exact) mass is 762 g/mol. The largest absolute Gasteiger partial charge is 0.374 e. The first kappa shape index (κ1) is 42.3. The molecule has 5 N–H and O–H groups in total. The Morgan fingerprint density at radius 3 is 1.46 bits per heavy atom. The molecule has 5 aromatic rings. The van der Waals surface area contributed by atoms with E-state index >= 15 is 0 Å². The van der Waals surface area contributed by atoms with Crippen molar-refractivity contribution in [2.45, 2.75) is 90.1 Å². The van der Waals surface area contributed by atoms with E-state index in [0.717, 1.165) is 70.7 Å². The Bertz CT molecular complexity index is 2010. The summed E-state index contributed by atoms with van der Waals surface area (Å²) >= 11 is 0. The lowest BCUT2D eigenvalue weighted by Gasteiger charge is -2.17. The third-order valence-electron chi connectivity index (χ3n) is 9.66. The predicted octanol–water partition coefficient (Wildman–Crippen LogP) is 12.5. The quantitative estimate of drug-likeness (QED) is 0.0543. The Morgan fingerprint density at radius 1 is 0.632 bits per heavy atom. The fourth-order valence-corrected chi connectivity index (χ4v) is 6.61. The zero-order valence-corrected chi connectivity index (χ0v) is 33.3. The van der Waals surface area contributed by atoms with Gasteiger partial charge in [-0.1, -0.05) is 113 Å². The Hall–Kier alpha value is -5.86. The molecule has 3 aromatic heterocycles. The maximum absolute atomic E-state index is 10.4. The van der Waals surface area contributed by atoms with Crippen LogP contribution >= 0.6 is 0 Å². The van der Waals surface area contributed by atoms with Gasteiger partial charge in [0.1, 0.15) is 0 Å². The molecular formula is C49H58N6O2. The van der Waals surface area contributed by atoms with Crippen LogP contribution in [0.25, 0.3) is 46.4 Å². The lowest BCUT2D eigenvalue weighted by molar-refractivity contribution is 0.0454. The molecule has 2 aliphatic heterocycles. The lowest BCUT2D eigenvalue weighted by atomic mass is 10.0. The van der Waals surface area contributed by atoms with Crippen molar-refractivity contribution in [3.63, 3.8) is 0 Å². The zero-order valence-electron chi connectivity index (χ0n) is 33.3. The van der Waals surface area contributed by atoms with Crippen molar-refractivity contribution in [1.82, 2.24) is 19.9 Å². The Balaban J connectivity index is 0.000000179. The minimum Gasteiger partial charge on any atom is -0.374 e. The van der Waals surface area contributed by atoms with Crippen molar-refractivity contribution in [3.05, 3.63) is 143 Å². The van der Waals surface area contributed by atoms with Crippen LogP contribution in [-0.2, 0) is 4.74 Å². The van der Waals surface area contributed by atoms with E-state index in [4.69, 9.17) is 15.9 Å². The maximum atomic E-state index is 10.4. The first-order valence-electron chi connectivity index (χ1n) is 20.5. The summed E-state index contributed by atoms with van der Waals surface area (Å²) in [6.45, 7) is 3.11. The number of carbonyl (C=O) groups excluding carboxylic acids is 1. The molecule has 1 atom stereocenters. The summed E-state index contributed by atoms with van der Waals surface area (Å²) in [4.78, 5) is 26.4. The normalized spacial score (nSPS) is 11.9. The molecule has 57 heavy (non-hydrogen) atoms. The summed E-state index contributed by atoms with van der Waals surface area (Å²) < 4.78 is 6.10. The van der Waals surface area contributed by atoms with Crippen LogP contribution in [0.3, 0.4) is 0 Å². The van der Waals surface area contributed by atoms with Crippen LogP contribution < -0.4 is 5.73 Å². The number of amides is 1. The van der Waals surface area contributed by atoms with Crippen LogP contribution in [0.1, 0.15) is 129 Å². The number of nitrogens with two attached hydrogens (primary N) is 1. The number of aromatic nitrogens is 4. The molecule has 0 spiro atoms. The Kier molecular flexibility index (Phi) is 17.7. The number of nitrogens with zero attached hydrogens (tertiary/aromatic N) is 2. The van der Waals surface area contributed by atoms with Gasteiger partial charge in [-0.2, -0.15) is 0 Å². The van der Waals surface area contributed by atoms with E-state index in [-0.39, 0.29) is 12.0 Å². The number of fused-ring (bicyclic) bond motifs is 8. The van der Waals surface area contributed by atoms with Crippen LogP contribution in [-0.4, -0.2) is 38.7 Å². The molecule has 8 nitrogen and oxygen atoms in total. The summed E-state index contributed by atoms with van der Waals surface area (Å²) in [7, 11) is 0. The highest BCUT2D eigenvalue weighted by Crippen LogP contribution is 2.23. The van der Waals surface area contributed by atoms with Crippen LogP contribution in [0.15, 0.2) is 109 Å². The molecule has 0 aliphatic carbocycles. The highest BCUT2D eigenvalue weighted by Gasteiger charge is 2.10. The highest BCUT2D eigenvalue weighted by atomic mass is 16.5. The minimum absolute atomic E-state index is 0.145. The first-order chi connectivity index (χ1) is 28.0. The molecule has 0 radical (unpaired) electrons. The van der Waals surface area contributed by atoms with Gasteiger partial charge in [-0.15, -0.1) is 0 Å². The van der Waals surface area contributed by atoms with Gasteiger partial charge in [-0.3, -0.25) is 4.79 Å². The third kappa shape index (κ3) is 15.3.